The first-order valence-corrected chi connectivity index (χ1v) is 34.5. The maximum atomic E-state index is 12.6. The van der Waals surface area contributed by atoms with E-state index in [0.29, 0.717) is 85.4 Å². The predicted octanol–water partition coefficient (Wildman–Crippen LogP) is 9.22. The summed E-state index contributed by atoms with van der Waals surface area (Å²) in [6.07, 6.45) is 25.8. The number of esters is 2. The number of aromatic carboxylic acids is 1. The Kier molecular flexibility index (Phi) is 31.3. The van der Waals surface area contributed by atoms with E-state index in [1.54, 1.807) is 76.1 Å². The summed E-state index contributed by atoms with van der Waals surface area (Å²) < 4.78 is 17.8. The Morgan fingerprint density at radius 2 is 0.862 bits per heavy atom. The smallest absolute Gasteiger partial charge is 1.00 e. The molecule has 0 atom stereocenters. The van der Waals surface area contributed by atoms with Crippen LogP contribution in [-0.4, -0.2) is 127 Å². The van der Waals surface area contributed by atoms with Crippen molar-refractivity contribution in [3.8, 4) is 0 Å². The van der Waals surface area contributed by atoms with Crippen LogP contribution in [0, 0.1) is 0 Å². The van der Waals surface area contributed by atoms with E-state index in [4.69, 9.17) is 92.0 Å². The summed E-state index contributed by atoms with van der Waals surface area (Å²) in [5.74, 6) is -1.45. The van der Waals surface area contributed by atoms with Gasteiger partial charge in [0.1, 0.15) is 0 Å². The molecule has 0 saturated heterocycles. The maximum absolute atomic E-state index is 12.6. The van der Waals surface area contributed by atoms with Gasteiger partial charge < -0.3 is 63.9 Å². The van der Waals surface area contributed by atoms with E-state index < -0.39 is 11.9 Å². The Morgan fingerprint density at radius 1 is 0.477 bits per heavy atom. The molecule has 0 aliphatic rings. The fraction of sp³-hybridized carbons (Fsp3) is 0.108. The molecule has 16 aromatic rings. The van der Waals surface area contributed by atoms with Gasteiger partial charge >= 0.3 is 36.8 Å². The molecule has 0 aliphatic carbocycles. The van der Waals surface area contributed by atoms with Gasteiger partial charge in [0.2, 0.25) is 0 Å². The third-order valence-corrected chi connectivity index (χ3v) is 17.2. The van der Waals surface area contributed by atoms with Gasteiger partial charge in [-0.25, -0.2) is 24.4 Å². The molecule has 16 rings (SSSR count). The summed E-state index contributed by atoms with van der Waals surface area (Å²) in [6, 6.07) is 38.4. The van der Waals surface area contributed by atoms with Crippen LogP contribution in [0.15, 0.2) is 221 Å². The number of rotatable bonds is 14. The first-order valence-electron chi connectivity index (χ1n) is 31.7. The zero-order valence-corrected chi connectivity index (χ0v) is 65.1. The molecule has 0 bridgehead atoms. The number of benzene rings is 4. The molecule has 12 aromatic heterocycles. The van der Waals surface area contributed by atoms with Crippen LogP contribution in [0.1, 0.15) is 75.1 Å². The number of carboxylic acid groups (broad SMARTS) is 1. The van der Waals surface area contributed by atoms with Crippen molar-refractivity contribution in [1.82, 2.24) is 83.6 Å². The van der Waals surface area contributed by atoms with Gasteiger partial charge in [-0.2, -0.15) is 20.4 Å². The van der Waals surface area contributed by atoms with Crippen LogP contribution in [0.5, 0.6) is 0 Å². The Bertz CT molecular complexity index is 5810. The molecule has 0 fully saturated rings. The fourth-order valence-corrected chi connectivity index (χ4v) is 11.6. The zero-order valence-electron chi connectivity index (χ0n) is 57.7. The van der Waals surface area contributed by atoms with Crippen LogP contribution >= 0.6 is 81.2 Å². The topological polar surface area (TPSA) is 343 Å². The first-order chi connectivity index (χ1) is 51.3. The molecule has 35 heteroatoms. The van der Waals surface area contributed by atoms with Gasteiger partial charge in [-0.3, -0.25) is 43.9 Å². The van der Waals surface area contributed by atoms with Crippen LogP contribution in [0.25, 0.3) is 54.6 Å². The summed E-state index contributed by atoms with van der Waals surface area (Å²) in [6.45, 7) is 2.31. The third-order valence-electron chi connectivity index (χ3n) is 15.6. The SMILES string of the molecule is COC(=O)c1cn[nH]c1.COC(=O)c1cnn(Cc2ccc3ncc(Cl)cc3c2)c1.ClCc1ccc2ncc(Cl)cc2c1.NCc1ncn2ccc(Cl)cc12.O=C(NCc1ncn2ccc(Cl)cc12)c1cnn(Cc2ccc3ncc(Cl)cc3c2)c1.O=C(O)c1cnn(Cc2ccc3ncc(Cl)cc3c2)c1.[I-].[Li+].[OH-]. The number of hydrogen-bond donors (Lipinski definition) is 4. The maximum Gasteiger partial charge on any atom is 1.00 e. The fourth-order valence-electron chi connectivity index (χ4n) is 10.4. The number of alkyl halides is 1. The summed E-state index contributed by atoms with van der Waals surface area (Å²) in [5.41, 5.74) is 18.2. The van der Waals surface area contributed by atoms with Crippen molar-refractivity contribution in [2.75, 3.05) is 14.2 Å². The number of nitrogens with two attached hydrogens (primary N) is 1. The Balaban J connectivity index is 0.000000171. The predicted molar refractivity (Wildman–Crippen MR) is 410 cm³/mol. The number of halogens is 8. The van der Waals surface area contributed by atoms with Gasteiger partial charge in [0.25, 0.3) is 5.91 Å². The minimum Gasteiger partial charge on any atom is -1.00 e. The number of carboxylic acids is 1. The van der Waals surface area contributed by atoms with Gasteiger partial charge in [0.05, 0.1) is 165 Å². The molecule has 26 nitrogen and oxygen atoms in total. The van der Waals surface area contributed by atoms with Crippen LogP contribution in [-0.2, 0) is 48.1 Å². The number of carbonyl (C=O) groups is 4. The molecular weight excluding hydrogens is 1650 g/mol. The quantitative estimate of drug-likeness (QED) is 0.0341. The molecule has 12 heterocycles. The normalized spacial score (nSPS) is 10.5. The van der Waals surface area contributed by atoms with E-state index in [-0.39, 0.29) is 65.8 Å². The first kappa shape index (κ1) is 84.5. The van der Waals surface area contributed by atoms with E-state index in [9.17, 15) is 19.2 Å². The Hall–Kier alpha value is -10.1. The standard InChI is InChI=1S/C22H16Cl2N6O.C15H12ClN3O2.C14H10ClN3O2.C10H7Cl2N.C8H8ClN3.C5H6N2O2.HI.Li.H2O/c23-17-3-4-29-13-27-20(21(29)7-17)10-26-22(31)16-8-28-30(12-16)11-14-1-2-19-15(5-14)6-18(24)9-25-19;1-21-15(20)12-6-18-19(9-12)8-10-2-3-14-11(4-10)5-13(16)7-17-14;15-12-4-10-3-9(1-2-13(10)16-6-12)7-18-8-11(5-17-18)14(19)20;11-5-7-1-2-10-8(3-7)4-9(12)6-13-10;9-6-1-2-12-5-11-7(4-10)8(12)3-6;1-9-5(8)4-2-6-7-3-4;;;/h1-9,12-13H,10-11H2,(H,26,31);2-7,9H,8H2,1H3;1-6,8H,7H2,(H,19,20);1-4,6H,5H2;1-3,5H,4,10H2;2-3H,1H3,(H,6,7);1H;;1H2/q;;;;;;;+1;/p-2. The largest absolute Gasteiger partial charge is 1.00 e. The third kappa shape index (κ3) is 23.2. The van der Waals surface area contributed by atoms with E-state index in [2.05, 4.69) is 70.2 Å². The van der Waals surface area contributed by atoms with Crippen molar-refractivity contribution in [2.24, 2.45) is 5.73 Å². The van der Waals surface area contributed by atoms with Crippen molar-refractivity contribution in [2.45, 2.75) is 38.6 Å². The van der Waals surface area contributed by atoms with Gasteiger partial charge in [-0.1, -0.05) is 93.9 Å². The van der Waals surface area contributed by atoms with Crippen LogP contribution in [0.2, 0.25) is 30.1 Å². The molecule has 0 aliphatic heterocycles. The van der Waals surface area contributed by atoms with Crippen molar-refractivity contribution in [1.29, 1.82) is 0 Å². The van der Waals surface area contributed by atoms with Crippen molar-refractivity contribution in [3.05, 3.63) is 307 Å². The number of ether oxygens (including phenoxy) is 2. The van der Waals surface area contributed by atoms with E-state index in [0.717, 1.165) is 88.3 Å². The number of pyridine rings is 6. The number of hydrogen-bond acceptors (Lipinski definition) is 18. The molecule has 0 spiro atoms. The average molecular weight is 1710 g/mol. The number of methoxy groups -OCH3 is 2. The number of aromatic nitrogens is 16. The van der Waals surface area contributed by atoms with Crippen LogP contribution in [0.3, 0.4) is 0 Å². The number of imidazole rings is 2. The monoisotopic (exact) mass is 1710 g/mol. The molecule has 6 N–H and O–H groups in total. The van der Waals surface area contributed by atoms with E-state index >= 15 is 0 Å². The van der Waals surface area contributed by atoms with E-state index in [1.165, 1.54) is 45.2 Å². The molecule has 4 aromatic carbocycles. The van der Waals surface area contributed by atoms with Crippen molar-refractivity contribution < 1.29 is 82.1 Å². The van der Waals surface area contributed by atoms with Crippen LogP contribution in [0.4, 0.5) is 0 Å². The number of fused-ring (bicyclic) bond motifs is 6. The molecule has 1 amide bonds. The number of amides is 1. The summed E-state index contributed by atoms with van der Waals surface area (Å²) in [7, 11) is 2.68. The van der Waals surface area contributed by atoms with Gasteiger partial charge in [-0.05, 0) is 119 Å². The Labute approximate surface area is 684 Å². The number of carbonyl (C=O) groups excluding carboxylic acids is 3. The number of H-pyrrole nitrogens is 1. The molecular formula is C74H60Cl7ILiN18O8-. The van der Waals surface area contributed by atoms with Gasteiger partial charge in [0, 0.05) is 106 Å². The Morgan fingerprint density at radius 3 is 1.27 bits per heavy atom. The van der Waals surface area contributed by atoms with Crippen molar-refractivity contribution >= 4 is 160 Å². The second kappa shape index (κ2) is 40.4. The summed E-state index contributed by atoms with van der Waals surface area (Å²) in [4.78, 5) is 70.8. The van der Waals surface area contributed by atoms with Gasteiger partial charge in [0.15, 0.2) is 0 Å². The van der Waals surface area contributed by atoms with Gasteiger partial charge in [-0.15, -0.1) is 11.6 Å². The molecule has 0 radical (unpaired) electrons. The summed E-state index contributed by atoms with van der Waals surface area (Å²) >= 11 is 41.3. The average Bonchev–Trinajstić information content (AvgIpc) is 1.79. The molecule has 109 heavy (non-hydrogen) atoms. The molecule has 552 valence electrons. The minimum absolute atomic E-state index is 0. The number of aromatic amines is 1. The van der Waals surface area contributed by atoms with Crippen molar-refractivity contribution in [3.63, 3.8) is 0 Å². The second-order valence-electron chi connectivity index (χ2n) is 23.0. The second-order valence-corrected chi connectivity index (χ2v) is 25.8. The molecule has 0 unspecified atom stereocenters. The minimum atomic E-state index is -0.981. The number of nitrogens with one attached hydrogen (secondary N) is 2. The number of nitrogens with zero attached hydrogens (tertiary/aromatic N) is 15. The zero-order chi connectivity index (χ0) is 74.8. The van der Waals surface area contributed by atoms with Crippen LogP contribution < -0.4 is 53.9 Å². The summed E-state index contributed by atoms with van der Waals surface area (Å²) in [5, 5.41) is 38.0. The van der Waals surface area contributed by atoms with E-state index in [1.807, 2.05) is 136 Å². The molecule has 0 saturated carbocycles.